The van der Waals surface area contributed by atoms with E-state index in [1.54, 1.807) is 0 Å². The van der Waals surface area contributed by atoms with Crippen LogP contribution >= 0.6 is 0 Å². The average molecular weight is 171 g/mol. The lowest BCUT2D eigenvalue weighted by atomic mass is 10.1. The Hall–Kier alpha value is -1.78. The molecular weight excluding hydrogens is 165 g/mol. The highest BCUT2D eigenvalue weighted by Gasteiger charge is 2.16. The average Bonchev–Trinajstić information content (AvgIpc) is 1.97. The van der Waals surface area contributed by atoms with Gasteiger partial charge < -0.3 is 15.9 Å². The molecule has 0 amide bonds. The molecule has 0 unspecified atom stereocenters. The molecule has 0 bridgehead atoms. The van der Waals surface area contributed by atoms with Crippen molar-refractivity contribution in [2.75, 3.05) is 5.73 Å². The SMILES string of the molecule is Nc1ccc(F)c(O)c1C(=O)O. The fraction of sp³-hybridized carbons (Fsp3) is 0. The Morgan fingerprint density at radius 1 is 1.50 bits per heavy atom. The molecule has 0 heterocycles. The summed E-state index contributed by atoms with van der Waals surface area (Å²) >= 11 is 0. The fourth-order valence-electron chi connectivity index (χ4n) is 0.806. The number of rotatable bonds is 1. The van der Waals surface area contributed by atoms with Gasteiger partial charge in [-0.1, -0.05) is 0 Å². The number of anilines is 1. The number of halogens is 1. The summed E-state index contributed by atoms with van der Waals surface area (Å²) in [5.74, 6) is -3.38. The van der Waals surface area contributed by atoms with Gasteiger partial charge in [-0.05, 0) is 12.1 Å². The van der Waals surface area contributed by atoms with Crippen molar-refractivity contribution in [1.29, 1.82) is 0 Å². The largest absolute Gasteiger partial charge is 0.504 e. The van der Waals surface area contributed by atoms with Gasteiger partial charge in [0.15, 0.2) is 11.6 Å². The number of phenols is 1. The van der Waals surface area contributed by atoms with E-state index in [-0.39, 0.29) is 5.69 Å². The number of hydrogen-bond acceptors (Lipinski definition) is 3. The number of carbonyl (C=O) groups is 1. The van der Waals surface area contributed by atoms with Gasteiger partial charge >= 0.3 is 5.97 Å². The maximum Gasteiger partial charge on any atom is 0.341 e. The topological polar surface area (TPSA) is 83.5 Å². The van der Waals surface area contributed by atoms with Crippen LogP contribution in [0.4, 0.5) is 10.1 Å². The lowest BCUT2D eigenvalue weighted by molar-refractivity contribution is 0.0694. The minimum Gasteiger partial charge on any atom is -0.504 e. The molecule has 0 aliphatic carbocycles. The Bertz CT molecular complexity index is 338. The zero-order valence-corrected chi connectivity index (χ0v) is 5.91. The second-order valence-electron chi connectivity index (χ2n) is 2.17. The van der Waals surface area contributed by atoms with Crippen LogP contribution < -0.4 is 5.73 Å². The molecule has 0 radical (unpaired) electrons. The number of nitrogen functional groups attached to an aromatic ring is 1. The van der Waals surface area contributed by atoms with Crippen molar-refractivity contribution in [1.82, 2.24) is 0 Å². The maximum atomic E-state index is 12.6. The Morgan fingerprint density at radius 3 is 2.50 bits per heavy atom. The number of carboxylic acids is 1. The second kappa shape index (κ2) is 2.69. The molecule has 1 aromatic rings. The third-order valence-electron chi connectivity index (χ3n) is 1.37. The van der Waals surface area contributed by atoms with E-state index >= 15 is 0 Å². The van der Waals surface area contributed by atoms with Gasteiger partial charge in [-0.2, -0.15) is 0 Å². The molecule has 4 N–H and O–H groups in total. The van der Waals surface area contributed by atoms with Crippen LogP contribution in [0.15, 0.2) is 12.1 Å². The van der Waals surface area contributed by atoms with Crippen molar-refractivity contribution < 1.29 is 19.4 Å². The highest BCUT2D eigenvalue weighted by Crippen LogP contribution is 2.26. The third kappa shape index (κ3) is 1.16. The van der Waals surface area contributed by atoms with Crippen LogP contribution in [0.5, 0.6) is 5.75 Å². The lowest BCUT2D eigenvalue weighted by Gasteiger charge is -2.03. The van der Waals surface area contributed by atoms with Gasteiger partial charge in [-0.15, -0.1) is 0 Å². The van der Waals surface area contributed by atoms with Crippen LogP contribution in [-0.2, 0) is 0 Å². The molecule has 0 aliphatic rings. The van der Waals surface area contributed by atoms with Crippen molar-refractivity contribution in [2.24, 2.45) is 0 Å². The lowest BCUT2D eigenvalue weighted by Crippen LogP contribution is -2.03. The van der Waals surface area contributed by atoms with E-state index in [9.17, 15) is 9.18 Å². The van der Waals surface area contributed by atoms with E-state index in [2.05, 4.69) is 0 Å². The molecule has 0 saturated carbocycles. The summed E-state index contributed by atoms with van der Waals surface area (Å²) in [6.07, 6.45) is 0. The molecule has 12 heavy (non-hydrogen) atoms. The van der Waals surface area contributed by atoms with Gasteiger partial charge in [-0.25, -0.2) is 9.18 Å². The van der Waals surface area contributed by atoms with E-state index in [1.807, 2.05) is 0 Å². The first-order chi connectivity index (χ1) is 5.54. The minimum atomic E-state index is -1.45. The van der Waals surface area contributed by atoms with Gasteiger partial charge in [0.25, 0.3) is 0 Å². The number of aromatic hydroxyl groups is 1. The van der Waals surface area contributed by atoms with Crippen LogP contribution in [0.3, 0.4) is 0 Å². The summed E-state index contributed by atoms with van der Waals surface area (Å²) in [6, 6.07) is 1.98. The second-order valence-corrected chi connectivity index (χ2v) is 2.17. The minimum absolute atomic E-state index is 0.165. The van der Waals surface area contributed by atoms with Gasteiger partial charge in [-0.3, -0.25) is 0 Å². The van der Waals surface area contributed by atoms with Gasteiger partial charge in [0.2, 0.25) is 0 Å². The third-order valence-corrected chi connectivity index (χ3v) is 1.37. The van der Waals surface area contributed by atoms with E-state index in [4.69, 9.17) is 15.9 Å². The molecule has 4 nitrogen and oxygen atoms in total. The predicted octanol–water partition coefficient (Wildman–Crippen LogP) is 0.812. The number of carboxylic acid groups (broad SMARTS) is 1. The Balaban J connectivity index is 3.43. The molecule has 0 atom stereocenters. The van der Waals surface area contributed by atoms with E-state index < -0.39 is 23.1 Å². The number of nitrogens with two attached hydrogens (primary N) is 1. The molecule has 0 fully saturated rings. The smallest absolute Gasteiger partial charge is 0.341 e. The Morgan fingerprint density at radius 2 is 2.08 bits per heavy atom. The summed E-state index contributed by atoms with van der Waals surface area (Å²) < 4.78 is 12.6. The summed E-state index contributed by atoms with van der Waals surface area (Å²) in [4.78, 5) is 10.4. The fourth-order valence-corrected chi connectivity index (χ4v) is 0.806. The Kier molecular flexibility index (Phi) is 1.86. The summed E-state index contributed by atoms with van der Waals surface area (Å²) in [7, 11) is 0. The van der Waals surface area contributed by atoms with Gasteiger partial charge in [0, 0.05) is 0 Å². The highest BCUT2D eigenvalue weighted by molar-refractivity contribution is 5.96. The van der Waals surface area contributed by atoms with E-state index in [1.165, 1.54) is 0 Å². The predicted molar refractivity (Wildman–Crippen MR) is 39.4 cm³/mol. The maximum absolute atomic E-state index is 12.6. The Labute approximate surface area is 67.1 Å². The van der Waals surface area contributed by atoms with Crippen LogP contribution in [0, 0.1) is 5.82 Å². The molecule has 5 heteroatoms. The van der Waals surface area contributed by atoms with Crippen molar-refractivity contribution in [3.8, 4) is 5.75 Å². The molecule has 1 rings (SSSR count). The zero-order chi connectivity index (χ0) is 9.30. The summed E-state index contributed by atoms with van der Waals surface area (Å²) in [5, 5.41) is 17.4. The zero-order valence-electron chi connectivity index (χ0n) is 5.91. The van der Waals surface area contributed by atoms with Crippen molar-refractivity contribution >= 4 is 11.7 Å². The molecule has 0 spiro atoms. The van der Waals surface area contributed by atoms with E-state index in [0.29, 0.717) is 0 Å². The van der Waals surface area contributed by atoms with Crippen LogP contribution in [-0.4, -0.2) is 16.2 Å². The van der Waals surface area contributed by atoms with Gasteiger partial charge in [0.1, 0.15) is 5.56 Å². The quantitative estimate of drug-likeness (QED) is 0.546. The van der Waals surface area contributed by atoms with E-state index in [0.717, 1.165) is 12.1 Å². The first-order valence-electron chi connectivity index (χ1n) is 3.04. The monoisotopic (exact) mass is 171 g/mol. The molecule has 1 aromatic carbocycles. The normalized spacial score (nSPS) is 9.75. The van der Waals surface area contributed by atoms with Crippen molar-refractivity contribution in [2.45, 2.75) is 0 Å². The molecule has 64 valence electrons. The first kappa shape index (κ1) is 8.32. The molecule has 0 aromatic heterocycles. The summed E-state index contributed by atoms with van der Waals surface area (Å²) in [5.41, 5.74) is 4.42. The first-order valence-corrected chi connectivity index (χ1v) is 3.04. The van der Waals surface area contributed by atoms with Crippen molar-refractivity contribution in [3.63, 3.8) is 0 Å². The number of aromatic carboxylic acids is 1. The number of benzene rings is 1. The van der Waals surface area contributed by atoms with Crippen molar-refractivity contribution in [3.05, 3.63) is 23.5 Å². The highest BCUT2D eigenvalue weighted by atomic mass is 19.1. The van der Waals surface area contributed by atoms with Crippen LogP contribution in [0.25, 0.3) is 0 Å². The molecular formula is C7H6FNO3. The standard InChI is InChI=1S/C7H6FNO3/c8-3-1-2-4(9)5(6(3)10)7(11)12/h1-2,10H,9H2,(H,11,12). The van der Waals surface area contributed by atoms with Crippen LogP contribution in [0.1, 0.15) is 10.4 Å². The molecule has 0 saturated heterocycles. The molecule has 0 aliphatic heterocycles. The summed E-state index contributed by atoms with van der Waals surface area (Å²) in [6.45, 7) is 0. The number of hydrogen-bond donors (Lipinski definition) is 3. The van der Waals surface area contributed by atoms with Gasteiger partial charge in [0.05, 0.1) is 5.69 Å². The van der Waals surface area contributed by atoms with Crippen LogP contribution in [0.2, 0.25) is 0 Å².